The van der Waals surface area contributed by atoms with Crippen LogP contribution in [0.2, 0.25) is 0 Å². The van der Waals surface area contributed by atoms with Gasteiger partial charge in [0, 0.05) is 5.56 Å². The molecule has 0 fully saturated rings. The van der Waals surface area contributed by atoms with Crippen molar-refractivity contribution < 1.29 is 4.79 Å². The Labute approximate surface area is 100 Å². The number of benzene rings is 1. The fourth-order valence-corrected chi connectivity index (χ4v) is 2.35. The number of aryl methyl sites for hydroxylation is 2. The molecule has 1 atom stereocenters. The number of ketones is 1. The third kappa shape index (κ3) is 3.16. The summed E-state index contributed by atoms with van der Waals surface area (Å²) in [6.07, 6.45) is 1.92. The molecule has 1 nitrogen and oxygen atoms in total. The zero-order valence-corrected chi connectivity index (χ0v) is 11.1. The average Bonchev–Trinajstić information content (AvgIpc) is 2.17. The predicted octanol–water partition coefficient (Wildman–Crippen LogP) is 4.05. The van der Waals surface area contributed by atoms with Gasteiger partial charge in [-0.2, -0.15) is 0 Å². The number of hydrogen-bond acceptors (Lipinski definition) is 1. The van der Waals surface area contributed by atoms with Crippen molar-refractivity contribution in [3.63, 3.8) is 0 Å². The summed E-state index contributed by atoms with van der Waals surface area (Å²) in [5.41, 5.74) is 3.11. The number of carbonyl (C=O) groups excluding carboxylic acids is 1. The highest BCUT2D eigenvalue weighted by atomic mass is 79.9. The van der Waals surface area contributed by atoms with Gasteiger partial charge in [-0.3, -0.25) is 4.79 Å². The lowest BCUT2D eigenvalue weighted by Crippen LogP contribution is -2.15. The Bertz CT molecular complexity index is 358. The van der Waals surface area contributed by atoms with Crippen LogP contribution in [0.5, 0.6) is 0 Å². The lowest BCUT2D eigenvalue weighted by atomic mass is 9.99. The number of Topliss-reactive ketones (excluding diaryl/α,β-unsaturated/α-hetero) is 1. The average molecular weight is 269 g/mol. The predicted molar refractivity (Wildman–Crippen MR) is 67.9 cm³/mol. The Morgan fingerprint density at radius 3 is 2.60 bits per heavy atom. The third-order valence-corrected chi connectivity index (χ3v) is 3.35. The summed E-state index contributed by atoms with van der Waals surface area (Å²) in [7, 11) is 0. The quantitative estimate of drug-likeness (QED) is 0.595. The maximum Gasteiger partial charge on any atom is 0.176 e. The first-order valence-electron chi connectivity index (χ1n) is 5.31. The molecule has 0 N–H and O–H groups in total. The van der Waals surface area contributed by atoms with Crippen molar-refractivity contribution in [2.45, 2.75) is 38.4 Å². The molecule has 0 spiro atoms. The highest BCUT2D eigenvalue weighted by Crippen LogP contribution is 2.18. The van der Waals surface area contributed by atoms with E-state index in [1.54, 1.807) is 0 Å². The number of halogens is 1. The van der Waals surface area contributed by atoms with Crippen molar-refractivity contribution in [3.05, 3.63) is 34.9 Å². The summed E-state index contributed by atoms with van der Waals surface area (Å²) < 4.78 is 0. The summed E-state index contributed by atoms with van der Waals surface area (Å²) in [6, 6.07) is 5.97. The molecule has 2 heteroatoms. The van der Waals surface area contributed by atoms with Crippen LogP contribution in [-0.2, 0) is 0 Å². The van der Waals surface area contributed by atoms with Gasteiger partial charge in [0.25, 0.3) is 0 Å². The van der Waals surface area contributed by atoms with E-state index in [1.165, 1.54) is 5.56 Å². The van der Waals surface area contributed by atoms with Crippen LogP contribution >= 0.6 is 15.9 Å². The smallest absolute Gasteiger partial charge is 0.176 e. The van der Waals surface area contributed by atoms with Gasteiger partial charge >= 0.3 is 0 Å². The van der Waals surface area contributed by atoms with Gasteiger partial charge in [-0.15, -0.1) is 0 Å². The second-order valence-corrected chi connectivity index (χ2v) is 5.04. The van der Waals surface area contributed by atoms with Crippen LogP contribution in [0.4, 0.5) is 0 Å². The molecule has 1 aromatic rings. The van der Waals surface area contributed by atoms with E-state index >= 15 is 0 Å². The van der Waals surface area contributed by atoms with Crippen LogP contribution in [0, 0.1) is 13.8 Å². The van der Waals surface area contributed by atoms with Crippen LogP contribution < -0.4 is 0 Å². The molecule has 1 unspecified atom stereocenters. The Balaban J connectivity index is 2.91. The van der Waals surface area contributed by atoms with Crippen molar-refractivity contribution in [2.75, 3.05) is 0 Å². The van der Waals surface area contributed by atoms with E-state index in [1.807, 2.05) is 26.0 Å². The minimum Gasteiger partial charge on any atom is -0.293 e. The molecular weight excluding hydrogens is 252 g/mol. The van der Waals surface area contributed by atoms with E-state index in [4.69, 9.17) is 0 Å². The minimum absolute atomic E-state index is 0.0380. The molecule has 0 aliphatic rings. The van der Waals surface area contributed by atoms with Crippen molar-refractivity contribution in [1.29, 1.82) is 0 Å². The molecule has 0 bridgehead atoms. The molecule has 1 aromatic carbocycles. The van der Waals surface area contributed by atoms with Crippen LogP contribution in [0.3, 0.4) is 0 Å². The summed E-state index contributed by atoms with van der Waals surface area (Å²) in [4.78, 5) is 12.0. The molecule has 82 valence electrons. The molecule has 15 heavy (non-hydrogen) atoms. The summed E-state index contributed by atoms with van der Waals surface area (Å²) in [5, 5.41) is 0. The number of rotatable bonds is 4. The van der Waals surface area contributed by atoms with Gasteiger partial charge in [-0.05, 0) is 25.8 Å². The Morgan fingerprint density at radius 2 is 2.07 bits per heavy atom. The van der Waals surface area contributed by atoms with Gasteiger partial charge < -0.3 is 0 Å². The second kappa shape index (κ2) is 5.45. The molecule has 0 radical (unpaired) electrons. The van der Waals surface area contributed by atoms with Gasteiger partial charge in [0.15, 0.2) is 5.78 Å². The standard InChI is InChI=1S/C13H17BrO/c1-4-5-12(14)13(15)11-7-6-9(2)8-10(11)3/h6-8,12H,4-5H2,1-3H3. The summed E-state index contributed by atoms with van der Waals surface area (Å²) >= 11 is 3.44. The van der Waals surface area contributed by atoms with Gasteiger partial charge in [0.1, 0.15) is 0 Å². The number of hydrogen-bond donors (Lipinski definition) is 0. The zero-order chi connectivity index (χ0) is 11.4. The van der Waals surface area contributed by atoms with Crippen LogP contribution in [0.1, 0.15) is 41.3 Å². The van der Waals surface area contributed by atoms with E-state index in [0.717, 1.165) is 24.0 Å². The Hall–Kier alpha value is -0.630. The van der Waals surface area contributed by atoms with Crippen molar-refractivity contribution in [1.82, 2.24) is 0 Å². The van der Waals surface area contributed by atoms with Crippen molar-refractivity contribution in [3.8, 4) is 0 Å². The maximum absolute atomic E-state index is 12.0. The van der Waals surface area contributed by atoms with E-state index < -0.39 is 0 Å². The van der Waals surface area contributed by atoms with E-state index in [-0.39, 0.29) is 10.6 Å². The first-order chi connectivity index (χ1) is 7.06. The summed E-state index contributed by atoms with van der Waals surface area (Å²) in [5.74, 6) is 0.203. The van der Waals surface area contributed by atoms with Crippen LogP contribution in [0.25, 0.3) is 0 Å². The Morgan fingerprint density at radius 1 is 1.40 bits per heavy atom. The molecule has 1 rings (SSSR count). The van der Waals surface area contributed by atoms with Gasteiger partial charge in [0.2, 0.25) is 0 Å². The second-order valence-electron chi connectivity index (χ2n) is 3.94. The lowest BCUT2D eigenvalue weighted by molar-refractivity contribution is 0.0988. The molecule has 0 aromatic heterocycles. The largest absolute Gasteiger partial charge is 0.293 e. The lowest BCUT2D eigenvalue weighted by Gasteiger charge is -2.10. The SMILES string of the molecule is CCCC(Br)C(=O)c1ccc(C)cc1C. The van der Waals surface area contributed by atoms with Gasteiger partial charge in [-0.25, -0.2) is 0 Å². The molecule has 0 heterocycles. The first-order valence-corrected chi connectivity index (χ1v) is 6.23. The molecule has 0 amide bonds. The summed E-state index contributed by atoms with van der Waals surface area (Å²) in [6.45, 7) is 6.12. The fourth-order valence-electron chi connectivity index (χ4n) is 1.64. The van der Waals surface area contributed by atoms with E-state index in [0.29, 0.717) is 0 Å². The van der Waals surface area contributed by atoms with E-state index in [2.05, 4.69) is 28.9 Å². The number of carbonyl (C=O) groups is 1. The van der Waals surface area contributed by atoms with Gasteiger partial charge in [0.05, 0.1) is 4.83 Å². The third-order valence-electron chi connectivity index (χ3n) is 2.47. The molecule has 0 aliphatic heterocycles. The van der Waals surface area contributed by atoms with Crippen molar-refractivity contribution >= 4 is 21.7 Å². The monoisotopic (exact) mass is 268 g/mol. The number of alkyl halides is 1. The van der Waals surface area contributed by atoms with Crippen LogP contribution in [-0.4, -0.2) is 10.6 Å². The molecule has 0 saturated carbocycles. The molecule has 0 saturated heterocycles. The molecular formula is C13H17BrO. The topological polar surface area (TPSA) is 17.1 Å². The zero-order valence-electron chi connectivity index (χ0n) is 9.51. The highest BCUT2D eigenvalue weighted by Gasteiger charge is 2.17. The van der Waals surface area contributed by atoms with Crippen LogP contribution in [0.15, 0.2) is 18.2 Å². The highest BCUT2D eigenvalue weighted by molar-refractivity contribution is 9.10. The fraction of sp³-hybridized carbons (Fsp3) is 0.462. The Kier molecular flexibility index (Phi) is 4.52. The minimum atomic E-state index is -0.0380. The molecule has 0 aliphatic carbocycles. The van der Waals surface area contributed by atoms with Crippen molar-refractivity contribution in [2.24, 2.45) is 0 Å². The first kappa shape index (κ1) is 12.4. The maximum atomic E-state index is 12.0. The normalized spacial score (nSPS) is 12.5. The van der Waals surface area contributed by atoms with Gasteiger partial charge in [-0.1, -0.05) is 53.0 Å². The van der Waals surface area contributed by atoms with E-state index in [9.17, 15) is 4.79 Å².